The summed E-state index contributed by atoms with van der Waals surface area (Å²) >= 11 is 0. The van der Waals surface area contributed by atoms with Gasteiger partial charge in [0.2, 0.25) is 0 Å². The lowest BCUT2D eigenvalue weighted by Crippen LogP contribution is -2.13. The minimum atomic E-state index is -0.0631. The Bertz CT molecular complexity index is 1460. The van der Waals surface area contributed by atoms with E-state index in [1.807, 2.05) is 48.5 Å². The molecular formula is C40H40O4. The van der Waals surface area contributed by atoms with Crippen molar-refractivity contribution in [1.82, 2.24) is 0 Å². The van der Waals surface area contributed by atoms with Crippen LogP contribution in [0.1, 0.15) is 163 Å². The van der Waals surface area contributed by atoms with Gasteiger partial charge in [0.1, 0.15) is 25.1 Å². The zero-order valence-corrected chi connectivity index (χ0v) is 26.0. The van der Waals surface area contributed by atoms with Crippen LogP contribution in [0, 0.1) is 0 Å². The molecule has 0 aromatic heterocycles. The molecule has 0 fully saturated rings. The molecule has 4 heteroatoms. The quantitative estimate of drug-likeness (QED) is 0.194. The van der Waals surface area contributed by atoms with Crippen molar-refractivity contribution in [2.45, 2.75) is 77.0 Å². The Morgan fingerprint density at radius 3 is 0.750 bits per heavy atom. The maximum Gasteiger partial charge on any atom is 0.150 e. The Morgan fingerprint density at radius 1 is 0.386 bits per heavy atom. The number of hydrogen-bond donors (Lipinski definition) is 0. The van der Waals surface area contributed by atoms with Gasteiger partial charge in [0.05, 0.1) is 0 Å². The highest BCUT2D eigenvalue weighted by Crippen LogP contribution is 2.41. The maximum absolute atomic E-state index is 12.4. The lowest BCUT2D eigenvalue weighted by molar-refractivity contribution is 0.111. The average Bonchev–Trinajstić information content (AvgIpc) is 3.06. The molecule has 224 valence electrons. The molecule has 0 N–H and O–H groups in total. The van der Waals surface area contributed by atoms with Crippen LogP contribution < -0.4 is 0 Å². The van der Waals surface area contributed by atoms with E-state index in [0.717, 1.165) is 95.3 Å². The Kier molecular flexibility index (Phi) is 9.49. The molecule has 0 saturated heterocycles. The van der Waals surface area contributed by atoms with Crippen LogP contribution in [0.25, 0.3) is 0 Å². The molecule has 0 spiro atoms. The lowest BCUT2D eigenvalue weighted by atomic mass is 9.76. The molecule has 5 rings (SSSR count). The van der Waals surface area contributed by atoms with E-state index < -0.39 is 0 Å². The molecule has 4 nitrogen and oxygen atoms in total. The first kappa shape index (κ1) is 31.0. The average molecular weight is 585 g/mol. The van der Waals surface area contributed by atoms with Gasteiger partial charge in [-0.3, -0.25) is 19.2 Å². The van der Waals surface area contributed by atoms with Gasteiger partial charge in [0, 0.05) is 45.9 Å². The smallest absolute Gasteiger partial charge is 0.150 e. The first-order valence-electron chi connectivity index (χ1n) is 15.8. The molecule has 4 aromatic carbocycles. The summed E-state index contributed by atoms with van der Waals surface area (Å²) in [6.45, 7) is 8.48. The second-order valence-corrected chi connectivity index (χ2v) is 11.9. The standard InChI is InChI=1S/C40H40O4/c1-5-33-25-9-13-30(22-42)38(17-25)35(7-3)27-11-15-32(24-44)40(19-27)36(8-4)28-12-16-31(23-43)39(20-28)34(6-2)26-10-14-29(21-41)37(33)18-26/h9-24,33-36H,5-8H2,1-4H3. The summed E-state index contributed by atoms with van der Waals surface area (Å²) in [6, 6.07) is 24.3. The van der Waals surface area contributed by atoms with Gasteiger partial charge >= 0.3 is 0 Å². The fraction of sp³-hybridized carbons (Fsp3) is 0.300. The minimum Gasteiger partial charge on any atom is -0.298 e. The van der Waals surface area contributed by atoms with Crippen LogP contribution in [-0.2, 0) is 0 Å². The van der Waals surface area contributed by atoms with E-state index in [1.54, 1.807) is 0 Å². The molecule has 8 bridgehead atoms. The molecule has 4 unspecified atom stereocenters. The summed E-state index contributed by atoms with van der Waals surface area (Å²) in [4.78, 5) is 49.4. The van der Waals surface area contributed by atoms with Crippen molar-refractivity contribution >= 4 is 25.1 Å². The Balaban J connectivity index is 1.91. The van der Waals surface area contributed by atoms with Crippen molar-refractivity contribution < 1.29 is 19.2 Å². The van der Waals surface area contributed by atoms with E-state index >= 15 is 0 Å². The summed E-state index contributed by atoms with van der Waals surface area (Å²) < 4.78 is 0. The molecule has 0 saturated carbocycles. The summed E-state index contributed by atoms with van der Waals surface area (Å²) in [7, 11) is 0. The van der Waals surface area contributed by atoms with Gasteiger partial charge in [-0.05, 0) is 70.2 Å². The van der Waals surface area contributed by atoms with Crippen molar-refractivity contribution in [3.63, 3.8) is 0 Å². The van der Waals surface area contributed by atoms with E-state index in [0.29, 0.717) is 22.3 Å². The van der Waals surface area contributed by atoms with E-state index in [-0.39, 0.29) is 23.7 Å². The molecule has 44 heavy (non-hydrogen) atoms. The molecule has 4 aromatic rings. The van der Waals surface area contributed by atoms with Crippen LogP contribution in [0.3, 0.4) is 0 Å². The van der Waals surface area contributed by atoms with Crippen molar-refractivity contribution in [1.29, 1.82) is 0 Å². The summed E-state index contributed by atoms with van der Waals surface area (Å²) in [5.74, 6) is -0.252. The van der Waals surface area contributed by atoms with Gasteiger partial charge in [-0.1, -0.05) is 100 Å². The number of rotatable bonds is 8. The SMILES string of the molecule is CCC1c2ccc(C=O)c(c2)C(CC)c2ccc(C=O)c(c2)C(CC)c2ccc(C=O)c(c2)C(CC)c2ccc(C=O)c1c2. The Labute approximate surface area is 260 Å². The first-order chi connectivity index (χ1) is 21.5. The first-order valence-corrected chi connectivity index (χ1v) is 15.8. The van der Waals surface area contributed by atoms with E-state index in [9.17, 15) is 19.2 Å². The Morgan fingerprint density at radius 2 is 0.591 bits per heavy atom. The van der Waals surface area contributed by atoms with Crippen LogP contribution in [0.5, 0.6) is 0 Å². The molecule has 1 aliphatic rings. The molecule has 0 amide bonds. The van der Waals surface area contributed by atoms with E-state index in [4.69, 9.17) is 0 Å². The number of hydrogen-bond acceptors (Lipinski definition) is 4. The number of aldehydes is 4. The van der Waals surface area contributed by atoms with Gasteiger partial charge in [0.25, 0.3) is 0 Å². The van der Waals surface area contributed by atoms with Gasteiger partial charge < -0.3 is 0 Å². The minimum absolute atomic E-state index is 0.0631. The molecular weight excluding hydrogens is 544 g/mol. The van der Waals surface area contributed by atoms with Gasteiger partial charge in [-0.25, -0.2) is 0 Å². The highest BCUT2D eigenvalue weighted by molar-refractivity contribution is 5.82. The van der Waals surface area contributed by atoms with Gasteiger partial charge in [-0.2, -0.15) is 0 Å². The molecule has 0 aliphatic heterocycles. The highest BCUT2D eigenvalue weighted by Gasteiger charge is 2.26. The van der Waals surface area contributed by atoms with Crippen LogP contribution >= 0.6 is 0 Å². The number of carbonyl (C=O) groups is 4. The largest absolute Gasteiger partial charge is 0.298 e. The second kappa shape index (κ2) is 13.5. The van der Waals surface area contributed by atoms with Crippen molar-refractivity contribution in [2.24, 2.45) is 0 Å². The van der Waals surface area contributed by atoms with Crippen LogP contribution in [-0.4, -0.2) is 25.1 Å². The zero-order chi connectivity index (χ0) is 31.4. The van der Waals surface area contributed by atoms with Crippen molar-refractivity contribution in [3.8, 4) is 0 Å². The normalized spacial score (nSPS) is 19.2. The molecule has 1 aliphatic carbocycles. The van der Waals surface area contributed by atoms with Crippen LogP contribution in [0.2, 0.25) is 0 Å². The molecule has 0 radical (unpaired) electrons. The third-order valence-electron chi connectivity index (χ3n) is 9.70. The van der Waals surface area contributed by atoms with Crippen LogP contribution in [0.4, 0.5) is 0 Å². The third kappa shape index (κ3) is 5.50. The molecule has 0 heterocycles. The fourth-order valence-electron chi connectivity index (χ4n) is 7.42. The highest BCUT2D eigenvalue weighted by atomic mass is 16.1. The number of fused-ring (bicyclic) bond motifs is 8. The summed E-state index contributed by atoms with van der Waals surface area (Å²) in [5, 5.41) is 0. The van der Waals surface area contributed by atoms with Crippen LogP contribution in [0.15, 0.2) is 72.8 Å². The van der Waals surface area contributed by atoms with Crippen molar-refractivity contribution in [2.75, 3.05) is 0 Å². The third-order valence-corrected chi connectivity index (χ3v) is 9.70. The lowest BCUT2D eigenvalue weighted by Gasteiger charge is -2.27. The summed E-state index contributed by atoms with van der Waals surface area (Å²) in [5.41, 5.74) is 10.6. The predicted octanol–water partition coefficient (Wildman–Crippen LogP) is 9.42. The monoisotopic (exact) mass is 584 g/mol. The van der Waals surface area contributed by atoms with E-state index in [1.165, 1.54) is 0 Å². The van der Waals surface area contributed by atoms with E-state index in [2.05, 4.69) is 52.0 Å². The topological polar surface area (TPSA) is 68.3 Å². The predicted molar refractivity (Wildman–Crippen MR) is 176 cm³/mol. The van der Waals surface area contributed by atoms with Gasteiger partial charge in [0.15, 0.2) is 0 Å². The number of carbonyl (C=O) groups excluding carboxylic acids is 4. The van der Waals surface area contributed by atoms with Crippen molar-refractivity contribution in [3.05, 3.63) is 140 Å². The fourth-order valence-corrected chi connectivity index (χ4v) is 7.42. The maximum atomic E-state index is 12.4. The Hall–Kier alpha value is -4.44. The molecule has 4 atom stereocenters. The zero-order valence-electron chi connectivity index (χ0n) is 26.0. The number of benzene rings is 4. The summed E-state index contributed by atoms with van der Waals surface area (Å²) in [6.07, 6.45) is 6.77. The second-order valence-electron chi connectivity index (χ2n) is 11.9. The van der Waals surface area contributed by atoms with Gasteiger partial charge in [-0.15, -0.1) is 0 Å².